The number of nitrogens with one attached hydrogen (secondary N) is 1. The molecule has 0 amide bonds. The van der Waals surface area contributed by atoms with Crippen molar-refractivity contribution in [1.82, 2.24) is 0 Å². The van der Waals surface area contributed by atoms with Crippen molar-refractivity contribution >= 4 is 17.3 Å². The minimum Gasteiger partial charge on any atom is -0.497 e. The highest BCUT2D eigenvalue weighted by molar-refractivity contribution is 6.30. The molecule has 0 atom stereocenters. The van der Waals surface area contributed by atoms with Crippen LogP contribution >= 0.6 is 11.6 Å². The fourth-order valence-electron chi connectivity index (χ4n) is 2.39. The van der Waals surface area contributed by atoms with Gasteiger partial charge in [-0.1, -0.05) is 35.9 Å². The maximum Gasteiger partial charge on any atom is 0.250 e. The van der Waals surface area contributed by atoms with Gasteiger partial charge in [-0.3, -0.25) is 9.59 Å². The number of hydrogen-bond acceptors (Lipinski definition) is 4. The van der Waals surface area contributed by atoms with E-state index in [-0.39, 0.29) is 0 Å². The van der Waals surface area contributed by atoms with Gasteiger partial charge in [0.15, 0.2) is 0 Å². The van der Waals surface area contributed by atoms with Gasteiger partial charge in [-0.2, -0.15) is 0 Å². The second-order valence-corrected chi connectivity index (χ2v) is 5.55. The molecule has 0 aliphatic heterocycles. The molecule has 0 heterocycles. The van der Waals surface area contributed by atoms with Crippen molar-refractivity contribution in [2.45, 2.75) is 6.54 Å². The van der Waals surface area contributed by atoms with Crippen LogP contribution in [0.1, 0.15) is 5.56 Å². The Balaban J connectivity index is 1.83. The van der Waals surface area contributed by atoms with E-state index in [2.05, 4.69) is 5.32 Å². The minimum atomic E-state index is -0.482. The summed E-state index contributed by atoms with van der Waals surface area (Å²) in [6, 6.07) is 14.4. The molecule has 0 saturated carbocycles. The molecular weight excluding hydrogens is 314 g/mol. The van der Waals surface area contributed by atoms with E-state index < -0.39 is 10.9 Å². The second-order valence-electron chi connectivity index (χ2n) is 5.12. The Morgan fingerprint density at radius 1 is 0.957 bits per heavy atom. The molecule has 5 heteroatoms. The van der Waals surface area contributed by atoms with E-state index in [1.54, 1.807) is 43.5 Å². The van der Waals surface area contributed by atoms with E-state index in [1.165, 1.54) is 0 Å². The lowest BCUT2D eigenvalue weighted by Crippen LogP contribution is -2.36. The molecule has 4 nitrogen and oxygen atoms in total. The van der Waals surface area contributed by atoms with Crippen molar-refractivity contribution in [2.75, 3.05) is 12.4 Å². The monoisotopic (exact) mass is 327 g/mol. The van der Waals surface area contributed by atoms with Crippen LogP contribution in [0.25, 0.3) is 11.1 Å². The van der Waals surface area contributed by atoms with Crippen LogP contribution in [0.3, 0.4) is 0 Å². The quantitative estimate of drug-likeness (QED) is 0.731. The van der Waals surface area contributed by atoms with Gasteiger partial charge in [0.2, 0.25) is 10.9 Å². The summed E-state index contributed by atoms with van der Waals surface area (Å²) in [5, 5.41) is 3.70. The average molecular weight is 328 g/mol. The van der Waals surface area contributed by atoms with Crippen molar-refractivity contribution < 1.29 is 4.74 Å². The molecular formula is C18H14ClNO3. The Bertz CT molecular complexity index is 892. The number of methoxy groups -OCH3 is 1. The predicted octanol–water partition coefficient (Wildman–Crippen LogP) is 3.22. The Labute approximate surface area is 138 Å². The summed E-state index contributed by atoms with van der Waals surface area (Å²) in [5.41, 5.74) is 1.51. The topological polar surface area (TPSA) is 55.4 Å². The number of halogens is 1. The van der Waals surface area contributed by atoms with Gasteiger partial charge in [-0.25, -0.2) is 0 Å². The maximum atomic E-state index is 11.9. The molecule has 0 aliphatic rings. The van der Waals surface area contributed by atoms with Gasteiger partial charge >= 0.3 is 0 Å². The summed E-state index contributed by atoms with van der Waals surface area (Å²) < 4.78 is 5.10. The van der Waals surface area contributed by atoms with E-state index in [9.17, 15) is 9.59 Å². The third kappa shape index (κ3) is 2.98. The first kappa shape index (κ1) is 15.3. The number of anilines is 1. The van der Waals surface area contributed by atoms with Crippen molar-refractivity contribution in [3.63, 3.8) is 0 Å². The highest BCUT2D eigenvalue weighted by Gasteiger charge is 2.21. The SMILES string of the molecule is COc1ccc(-c2c(NCc3ccc(Cl)cc3)c(=O)c2=O)cc1. The van der Waals surface area contributed by atoms with Gasteiger partial charge < -0.3 is 10.1 Å². The molecule has 0 fully saturated rings. The molecule has 116 valence electrons. The fourth-order valence-corrected chi connectivity index (χ4v) is 2.51. The Morgan fingerprint density at radius 2 is 1.61 bits per heavy atom. The minimum absolute atomic E-state index is 0.357. The fraction of sp³-hybridized carbons (Fsp3) is 0.111. The number of rotatable bonds is 5. The number of hydrogen-bond donors (Lipinski definition) is 1. The van der Waals surface area contributed by atoms with Crippen molar-refractivity contribution in [1.29, 1.82) is 0 Å². The first-order valence-corrected chi connectivity index (χ1v) is 7.44. The van der Waals surface area contributed by atoms with Crippen LogP contribution in [0.15, 0.2) is 58.1 Å². The van der Waals surface area contributed by atoms with Crippen LogP contribution in [0.4, 0.5) is 5.69 Å². The Morgan fingerprint density at radius 3 is 2.22 bits per heavy atom. The van der Waals surface area contributed by atoms with Crippen LogP contribution in [-0.2, 0) is 6.54 Å². The predicted molar refractivity (Wildman–Crippen MR) is 92.1 cm³/mol. The zero-order valence-corrected chi connectivity index (χ0v) is 13.2. The van der Waals surface area contributed by atoms with E-state index in [0.29, 0.717) is 34.1 Å². The second kappa shape index (κ2) is 6.26. The standard InChI is InChI=1S/C18H14ClNO3/c1-23-14-8-4-12(5-9-14)15-16(18(22)17(15)21)20-10-11-2-6-13(19)7-3-11/h2-9,20H,10H2,1H3. The molecule has 0 saturated heterocycles. The van der Waals surface area contributed by atoms with Crippen molar-refractivity contribution in [3.8, 4) is 16.9 Å². The van der Waals surface area contributed by atoms with Gasteiger partial charge in [-0.15, -0.1) is 0 Å². The normalized spacial score (nSPS) is 10.7. The summed E-state index contributed by atoms with van der Waals surface area (Å²) in [7, 11) is 1.57. The molecule has 0 unspecified atom stereocenters. The lowest BCUT2D eigenvalue weighted by molar-refractivity contribution is 0.415. The van der Waals surface area contributed by atoms with E-state index in [1.807, 2.05) is 12.1 Å². The molecule has 3 aromatic rings. The first-order chi connectivity index (χ1) is 11.1. The van der Waals surface area contributed by atoms with Crippen molar-refractivity contribution in [2.24, 2.45) is 0 Å². The van der Waals surface area contributed by atoms with Crippen LogP contribution < -0.4 is 20.9 Å². The zero-order chi connectivity index (χ0) is 16.4. The Hall–Kier alpha value is -2.59. The van der Waals surface area contributed by atoms with E-state index >= 15 is 0 Å². The first-order valence-electron chi connectivity index (χ1n) is 7.06. The molecule has 3 aromatic carbocycles. The molecule has 3 rings (SSSR count). The summed E-state index contributed by atoms with van der Waals surface area (Å²) in [5.74, 6) is 0.697. The molecule has 0 radical (unpaired) electrons. The van der Waals surface area contributed by atoms with E-state index in [4.69, 9.17) is 16.3 Å². The lowest BCUT2D eigenvalue weighted by Gasteiger charge is -2.14. The maximum absolute atomic E-state index is 11.9. The van der Waals surface area contributed by atoms with Crippen LogP contribution in [0.5, 0.6) is 5.75 Å². The summed E-state index contributed by atoms with van der Waals surface area (Å²) >= 11 is 5.84. The zero-order valence-electron chi connectivity index (χ0n) is 12.4. The van der Waals surface area contributed by atoms with Gasteiger partial charge in [0, 0.05) is 11.6 Å². The van der Waals surface area contributed by atoms with E-state index in [0.717, 1.165) is 5.56 Å². The third-order valence-electron chi connectivity index (χ3n) is 3.67. The van der Waals surface area contributed by atoms with Gasteiger partial charge in [-0.05, 0) is 35.4 Å². The van der Waals surface area contributed by atoms with Gasteiger partial charge in [0.05, 0.1) is 18.4 Å². The summed E-state index contributed by atoms with van der Waals surface area (Å²) in [6.45, 7) is 0.450. The smallest absolute Gasteiger partial charge is 0.250 e. The molecule has 0 spiro atoms. The molecule has 23 heavy (non-hydrogen) atoms. The molecule has 0 aliphatic carbocycles. The van der Waals surface area contributed by atoms with Crippen LogP contribution in [0, 0.1) is 0 Å². The highest BCUT2D eigenvalue weighted by atomic mass is 35.5. The Kier molecular flexibility index (Phi) is 4.17. The average Bonchev–Trinajstić information content (AvgIpc) is 2.59. The number of ether oxygens (including phenoxy) is 1. The van der Waals surface area contributed by atoms with Gasteiger partial charge in [0.1, 0.15) is 5.75 Å². The molecule has 1 N–H and O–H groups in total. The summed E-state index contributed by atoms with van der Waals surface area (Å²) in [6.07, 6.45) is 0. The molecule has 0 bridgehead atoms. The highest BCUT2D eigenvalue weighted by Crippen LogP contribution is 2.26. The third-order valence-corrected chi connectivity index (χ3v) is 3.92. The largest absolute Gasteiger partial charge is 0.497 e. The number of benzene rings is 2. The van der Waals surface area contributed by atoms with Crippen LogP contribution in [-0.4, -0.2) is 7.11 Å². The van der Waals surface area contributed by atoms with Crippen molar-refractivity contribution in [3.05, 3.63) is 79.6 Å². The summed E-state index contributed by atoms with van der Waals surface area (Å²) in [4.78, 5) is 23.7. The van der Waals surface area contributed by atoms with Crippen LogP contribution in [0.2, 0.25) is 5.02 Å². The lowest BCUT2D eigenvalue weighted by atomic mass is 9.98. The van der Waals surface area contributed by atoms with Gasteiger partial charge in [0.25, 0.3) is 0 Å². The molecule has 0 aromatic heterocycles.